The Bertz CT molecular complexity index is 736. The molecule has 0 unspecified atom stereocenters. The zero-order valence-electron chi connectivity index (χ0n) is 13.0. The second-order valence-corrected chi connectivity index (χ2v) is 5.04. The van der Waals surface area contributed by atoms with E-state index in [2.05, 4.69) is 10.1 Å². The van der Waals surface area contributed by atoms with Crippen molar-refractivity contribution in [2.45, 2.75) is 6.43 Å². The molecule has 2 N–H and O–H groups in total. The number of anilines is 1. The van der Waals surface area contributed by atoms with Gasteiger partial charge in [0.25, 0.3) is 12.3 Å². The first-order valence-electron chi connectivity index (χ1n) is 7.06. The van der Waals surface area contributed by atoms with Crippen LogP contribution in [0.2, 0.25) is 0 Å². The molecule has 0 saturated carbocycles. The number of β-amino-alcohol motifs (C(OH)–C–C–N with tert-alkyl or cyclic N) is 1. The van der Waals surface area contributed by atoms with Crippen LogP contribution in [0.4, 0.5) is 23.2 Å². The Hall–Kier alpha value is -2.62. The van der Waals surface area contributed by atoms with Gasteiger partial charge in [0, 0.05) is 6.54 Å². The molecule has 0 fully saturated rings. The van der Waals surface area contributed by atoms with Crippen molar-refractivity contribution < 1.29 is 37.0 Å². The number of aliphatic hydroxyl groups excluding tert-OH is 1. The number of benzene rings is 1. The van der Waals surface area contributed by atoms with Crippen LogP contribution in [0.25, 0.3) is 0 Å². The maximum absolute atomic E-state index is 14.1. The van der Waals surface area contributed by atoms with Gasteiger partial charge in [0.2, 0.25) is 0 Å². The van der Waals surface area contributed by atoms with Crippen molar-refractivity contribution in [2.24, 2.45) is 0 Å². The number of hydrogen-bond donors (Lipinski definition) is 2. The number of methoxy groups -OCH3 is 1. The lowest BCUT2D eigenvalue weighted by molar-refractivity contribution is -0.136. The molecule has 0 bridgehead atoms. The molecule has 0 atom stereocenters. The van der Waals surface area contributed by atoms with Crippen molar-refractivity contribution in [3.05, 3.63) is 40.6 Å². The number of hydrogen-bond acceptors (Lipinski definition) is 5. The minimum atomic E-state index is -3.40. The average Bonchev–Trinajstić information content (AvgIpc) is 2.86. The number of amides is 1. The molecule has 1 amide bonds. The third kappa shape index (κ3) is 3.58. The van der Waals surface area contributed by atoms with Gasteiger partial charge in [0.1, 0.15) is 11.5 Å². The molecular formula is C15H14F4N2O4. The summed E-state index contributed by atoms with van der Waals surface area (Å²) in [5, 5.41) is 11.2. The number of carbonyl (C=O) groups is 2. The lowest BCUT2D eigenvalue weighted by Gasteiger charge is -2.15. The van der Waals surface area contributed by atoms with Crippen molar-refractivity contribution in [2.75, 3.05) is 32.1 Å². The van der Waals surface area contributed by atoms with Crippen LogP contribution in [-0.4, -0.2) is 48.7 Å². The van der Waals surface area contributed by atoms with Gasteiger partial charge in [-0.25, -0.2) is 22.4 Å². The number of aliphatic hydroxyl groups is 1. The Labute approximate surface area is 139 Å². The second-order valence-electron chi connectivity index (χ2n) is 5.04. The monoisotopic (exact) mass is 362 g/mol. The quantitative estimate of drug-likeness (QED) is 0.593. The van der Waals surface area contributed by atoms with E-state index in [4.69, 9.17) is 5.11 Å². The molecule has 0 radical (unpaired) electrons. The molecule has 0 saturated heterocycles. The summed E-state index contributed by atoms with van der Waals surface area (Å²) >= 11 is 0. The van der Waals surface area contributed by atoms with E-state index in [9.17, 15) is 27.2 Å². The fourth-order valence-electron chi connectivity index (χ4n) is 2.35. The second kappa shape index (κ2) is 7.51. The van der Waals surface area contributed by atoms with Crippen LogP contribution in [0, 0.1) is 11.6 Å². The first-order valence-corrected chi connectivity index (χ1v) is 7.06. The molecule has 1 aromatic carbocycles. The van der Waals surface area contributed by atoms with E-state index in [0.717, 1.165) is 18.1 Å². The van der Waals surface area contributed by atoms with Crippen LogP contribution in [0.1, 0.15) is 12.0 Å². The van der Waals surface area contributed by atoms with Gasteiger partial charge in [-0.05, 0) is 12.1 Å². The van der Waals surface area contributed by atoms with Crippen molar-refractivity contribution in [1.82, 2.24) is 4.90 Å². The van der Waals surface area contributed by atoms with E-state index in [1.165, 1.54) is 0 Å². The van der Waals surface area contributed by atoms with Crippen LogP contribution in [0.3, 0.4) is 0 Å². The van der Waals surface area contributed by atoms with E-state index in [0.29, 0.717) is 6.07 Å². The normalized spacial score (nSPS) is 14.5. The Kier molecular flexibility index (Phi) is 5.62. The highest BCUT2D eigenvalue weighted by Gasteiger charge is 2.35. The number of nitrogens with one attached hydrogen (secondary N) is 1. The summed E-state index contributed by atoms with van der Waals surface area (Å²) in [4.78, 5) is 25.1. The number of nitrogens with zero attached hydrogens (tertiary/aromatic N) is 1. The first-order chi connectivity index (χ1) is 11.8. The summed E-state index contributed by atoms with van der Waals surface area (Å²) in [5.74, 6) is -4.63. The zero-order chi connectivity index (χ0) is 18.7. The molecule has 1 heterocycles. The molecule has 2 rings (SSSR count). The number of esters is 1. The fraction of sp³-hybridized carbons (Fsp3) is 0.333. The minimum absolute atomic E-state index is 0.0985. The molecular weight excluding hydrogens is 348 g/mol. The average molecular weight is 362 g/mol. The van der Waals surface area contributed by atoms with Gasteiger partial charge >= 0.3 is 5.97 Å². The van der Waals surface area contributed by atoms with E-state index in [-0.39, 0.29) is 31.0 Å². The van der Waals surface area contributed by atoms with Gasteiger partial charge in [-0.1, -0.05) is 0 Å². The Morgan fingerprint density at radius 3 is 2.64 bits per heavy atom. The van der Waals surface area contributed by atoms with Gasteiger partial charge in [-0.2, -0.15) is 0 Å². The van der Waals surface area contributed by atoms with Crippen LogP contribution in [-0.2, 0) is 14.3 Å². The molecule has 0 aliphatic carbocycles. The zero-order valence-corrected chi connectivity index (χ0v) is 13.0. The Balaban J connectivity index is 2.44. The predicted octanol–water partition coefficient (Wildman–Crippen LogP) is 1.58. The van der Waals surface area contributed by atoms with E-state index in [1.807, 2.05) is 0 Å². The summed E-state index contributed by atoms with van der Waals surface area (Å²) < 4.78 is 57.6. The molecule has 1 aromatic rings. The van der Waals surface area contributed by atoms with Crippen LogP contribution < -0.4 is 5.32 Å². The Morgan fingerprint density at radius 2 is 2.08 bits per heavy atom. The van der Waals surface area contributed by atoms with Gasteiger partial charge in [-0.3, -0.25) is 4.79 Å². The maximum atomic E-state index is 14.1. The van der Waals surface area contributed by atoms with Crippen LogP contribution in [0.5, 0.6) is 0 Å². The molecule has 1 aliphatic heterocycles. The van der Waals surface area contributed by atoms with Crippen molar-refractivity contribution in [1.29, 1.82) is 0 Å². The third-order valence-corrected chi connectivity index (χ3v) is 3.56. The largest absolute Gasteiger partial charge is 0.466 e. The van der Waals surface area contributed by atoms with Gasteiger partial charge in [0.05, 0.1) is 37.1 Å². The van der Waals surface area contributed by atoms with Crippen LogP contribution in [0.15, 0.2) is 23.4 Å². The van der Waals surface area contributed by atoms with Gasteiger partial charge in [-0.15, -0.1) is 0 Å². The third-order valence-electron chi connectivity index (χ3n) is 3.56. The summed E-state index contributed by atoms with van der Waals surface area (Å²) in [6, 6.07) is 1.45. The molecule has 1 aliphatic rings. The SMILES string of the molecule is COC(=O)C1=C(Nc2ccc(F)c(C(F)F)c2F)C(=O)N(CCO)C1. The number of rotatable bonds is 6. The number of alkyl halides is 2. The molecule has 0 aromatic heterocycles. The smallest absolute Gasteiger partial charge is 0.337 e. The van der Waals surface area contributed by atoms with E-state index >= 15 is 0 Å². The summed E-state index contributed by atoms with van der Waals surface area (Å²) in [6.07, 6.45) is -3.40. The molecule has 6 nitrogen and oxygen atoms in total. The highest BCUT2D eigenvalue weighted by Crippen LogP contribution is 2.31. The van der Waals surface area contributed by atoms with Crippen LogP contribution >= 0.6 is 0 Å². The summed E-state index contributed by atoms with van der Waals surface area (Å²) in [6.45, 7) is -0.689. The number of ether oxygens (including phenoxy) is 1. The first kappa shape index (κ1) is 18.7. The topological polar surface area (TPSA) is 78.9 Å². The lowest BCUT2D eigenvalue weighted by atomic mass is 10.1. The highest BCUT2D eigenvalue weighted by molar-refractivity contribution is 6.08. The number of halogens is 4. The van der Waals surface area contributed by atoms with Gasteiger partial charge < -0.3 is 20.1 Å². The molecule has 10 heteroatoms. The summed E-state index contributed by atoms with van der Waals surface area (Å²) in [7, 11) is 1.07. The molecule has 136 valence electrons. The van der Waals surface area contributed by atoms with Crippen molar-refractivity contribution >= 4 is 17.6 Å². The maximum Gasteiger partial charge on any atom is 0.337 e. The van der Waals surface area contributed by atoms with E-state index in [1.54, 1.807) is 0 Å². The van der Waals surface area contributed by atoms with Crippen molar-refractivity contribution in [3.8, 4) is 0 Å². The summed E-state index contributed by atoms with van der Waals surface area (Å²) in [5.41, 5.74) is -2.58. The van der Waals surface area contributed by atoms with E-state index < -0.39 is 41.2 Å². The van der Waals surface area contributed by atoms with Crippen molar-refractivity contribution in [3.63, 3.8) is 0 Å². The predicted molar refractivity (Wildman–Crippen MR) is 77.6 cm³/mol. The Morgan fingerprint density at radius 1 is 1.40 bits per heavy atom. The lowest BCUT2D eigenvalue weighted by Crippen LogP contribution is -2.31. The standard InChI is InChI=1S/C15H14F4N2O4/c1-25-15(24)7-6-21(4-5-22)14(23)12(7)20-9-3-2-8(16)10(11(9)17)13(18)19/h2-3,13,20,22H,4-6H2,1H3. The fourth-order valence-corrected chi connectivity index (χ4v) is 2.35. The molecule has 25 heavy (non-hydrogen) atoms. The molecule has 0 spiro atoms. The van der Waals surface area contributed by atoms with Gasteiger partial charge in [0.15, 0.2) is 5.82 Å². The number of carbonyl (C=O) groups excluding carboxylic acids is 2. The highest BCUT2D eigenvalue weighted by atomic mass is 19.3. The minimum Gasteiger partial charge on any atom is -0.466 e.